The lowest BCUT2D eigenvalue weighted by atomic mass is 10.1. The highest BCUT2D eigenvalue weighted by Crippen LogP contribution is 2.24. The fourth-order valence-corrected chi connectivity index (χ4v) is 3.40. The number of halogens is 1. The van der Waals surface area contributed by atoms with E-state index in [1.165, 1.54) is 35.6 Å². The maximum absolute atomic E-state index is 12.9. The van der Waals surface area contributed by atoms with Gasteiger partial charge in [0.05, 0.1) is 5.69 Å². The molecule has 0 N–H and O–H groups in total. The smallest absolute Gasteiger partial charge is 0.279 e. The van der Waals surface area contributed by atoms with Crippen molar-refractivity contribution in [3.05, 3.63) is 75.7 Å². The van der Waals surface area contributed by atoms with Gasteiger partial charge in [-0.3, -0.25) is 4.79 Å². The summed E-state index contributed by atoms with van der Waals surface area (Å²) in [6, 6.07) is 15.4. The summed E-state index contributed by atoms with van der Waals surface area (Å²) in [6.07, 6.45) is 0. The van der Waals surface area contributed by atoms with Gasteiger partial charge < -0.3 is 4.57 Å². The molecule has 0 saturated heterocycles. The lowest BCUT2D eigenvalue weighted by molar-refractivity contribution is 0.0998. The number of aromatic nitrogens is 1. The van der Waals surface area contributed by atoms with Crippen LogP contribution in [0.25, 0.3) is 11.3 Å². The van der Waals surface area contributed by atoms with Crippen molar-refractivity contribution in [1.82, 2.24) is 4.57 Å². The van der Waals surface area contributed by atoms with Crippen LogP contribution in [0.15, 0.2) is 59.6 Å². The van der Waals surface area contributed by atoms with Crippen LogP contribution in [0.4, 0.5) is 4.39 Å². The van der Waals surface area contributed by atoms with Gasteiger partial charge in [-0.2, -0.15) is 4.99 Å². The topological polar surface area (TPSA) is 34.4 Å². The van der Waals surface area contributed by atoms with Crippen LogP contribution in [-0.4, -0.2) is 10.5 Å². The molecule has 2 aromatic carbocycles. The molecule has 5 heteroatoms. The molecule has 0 saturated carbocycles. The predicted molar refractivity (Wildman–Crippen MR) is 89.8 cm³/mol. The van der Waals surface area contributed by atoms with Crippen molar-refractivity contribution >= 4 is 17.2 Å². The molecule has 116 valence electrons. The first-order chi connectivity index (χ1) is 11.1. The van der Waals surface area contributed by atoms with Gasteiger partial charge in [-0.1, -0.05) is 30.3 Å². The molecule has 3 aromatic rings. The Bertz CT molecular complexity index is 908. The number of amides is 1. The number of benzene rings is 2. The minimum atomic E-state index is -0.374. The van der Waals surface area contributed by atoms with Crippen molar-refractivity contribution in [1.29, 1.82) is 0 Å². The van der Waals surface area contributed by atoms with Gasteiger partial charge in [0.1, 0.15) is 5.82 Å². The van der Waals surface area contributed by atoms with Crippen molar-refractivity contribution in [3.8, 4) is 11.3 Å². The minimum absolute atomic E-state index is 0.370. The Balaban J connectivity index is 2.04. The zero-order chi connectivity index (χ0) is 16.4. The SMILES string of the molecule is Cc1sc(=NC(=O)c2ccc(F)cc2)n(C)c1-c1ccccc1. The molecule has 0 atom stereocenters. The number of rotatable bonds is 2. The van der Waals surface area contributed by atoms with Crippen LogP contribution in [0, 0.1) is 12.7 Å². The molecule has 0 aliphatic heterocycles. The highest BCUT2D eigenvalue weighted by molar-refractivity contribution is 7.09. The molecule has 1 amide bonds. The molecule has 0 radical (unpaired) electrons. The van der Waals surface area contributed by atoms with Crippen LogP contribution in [0.1, 0.15) is 15.2 Å². The molecule has 3 nitrogen and oxygen atoms in total. The van der Waals surface area contributed by atoms with Crippen LogP contribution in [0.5, 0.6) is 0 Å². The van der Waals surface area contributed by atoms with E-state index in [1.54, 1.807) is 0 Å². The van der Waals surface area contributed by atoms with Gasteiger partial charge in [0.15, 0.2) is 4.80 Å². The van der Waals surface area contributed by atoms with Gasteiger partial charge >= 0.3 is 0 Å². The molecule has 0 bridgehead atoms. The molecule has 3 rings (SSSR count). The number of aryl methyl sites for hydroxylation is 1. The third kappa shape index (κ3) is 3.14. The third-order valence-electron chi connectivity index (χ3n) is 3.54. The third-order valence-corrected chi connectivity index (χ3v) is 4.58. The number of nitrogens with zero attached hydrogens (tertiary/aromatic N) is 2. The molecular formula is C18H15FN2OS. The van der Waals surface area contributed by atoms with Crippen LogP contribution in [0.2, 0.25) is 0 Å². The van der Waals surface area contributed by atoms with Gasteiger partial charge in [0, 0.05) is 17.5 Å². The average molecular weight is 326 g/mol. The monoisotopic (exact) mass is 326 g/mol. The van der Waals surface area contributed by atoms with E-state index in [0.717, 1.165) is 16.1 Å². The van der Waals surface area contributed by atoms with Gasteiger partial charge in [0.2, 0.25) is 0 Å². The lowest BCUT2D eigenvalue weighted by Crippen LogP contribution is -2.14. The fraction of sp³-hybridized carbons (Fsp3) is 0.111. The Hall–Kier alpha value is -2.53. The second kappa shape index (κ2) is 6.30. The highest BCUT2D eigenvalue weighted by atomic mass is 32.1. The molecule has 23 heavy (non-hydrogen) atoms. The summed E-state index contributed by atoms with van der Waals surface area (Å²) in [5, 5.41) is 0. The van der Waals surface area contributed by atoms with Gasteiger partial charge in [-0.25, -0.2) is 4.39 Å². The van der Waals surface area contributed by atoms with Crippen molar-refractivity contribution in [2.75, 3.05) is 0 Å². The first-order valence-electron chi connectivity index (χ1n) is 7.13. The molecule has 0 fully saturated rings. The van der Waals surface area contributed by atoms with Crippen molar-refractivity contribution < 1.29 is 9.18 Å². The molecule has 0 aliphatic carbocycles. The summed E-state index contributed by atoms with van der Waals surface area (Å²) in [4.78, 5) is 18.1. The summed E-state index contributed by atoms with van der Waals surface area (Å²) in [5.41, 5.74) is 2.50. The molecule has 0 unspecified atom stereocenters. The molecule has 1 heterocycles. The molecular weight excluding hydrogens is 311 g/mol. The van der Waals surface area contributed by atoms with Crippen LogP contribution < -0.4 is 4.80 Å². The molecule has 1 aromatic heterocycles. The summed E-state index contributed by atoms with van der Waals surface area (Å²) in [7, 11) is 1.89. The number of hydrogen-bond donors (Lipinski definition) is 0. The van der Waals surface area contributed by atoms with E-state index in [1.807, 2.05) is 48.9 Å². The Morgan fingerprint density at radius 3 is 2.39 bits per heavy atom. The van der Waals surface area contributed by atoms with E-state index in [-0.39, 0.29) is 11.7 Å². The summed E-state index contributed by atoms with van der Waals surface area (Å²) >= 11 is 1.46. The minimum Gasteiger partial charge on any atom is -0.319 e. The average Bonchev–Trinajstić information content (AvgIpc) is 2.82. The maximum atomic E-state index is 12.9. The highest BCUT2D eigenvalue weighted by Gasteiger charge is 2.11. The number of carbonyl (C=O) groups is 1. The van der Waals surface area contributed by atoms with E-state index in [0.29, 0.717) is 10.4 Å². The summed E-state index contributed by atoms with van der Waals surface area (Å²) in [5.74, 6) is -0.744. The number of thiazole rings is 1. The second-order valence-electron chi connectivity index (χ2n) is 5.14. The largest absolute Gasteiger partial charge is 0.319 e. The number of carbonyl (C=O) groups excluding carboxylic acids is 1. The number of hydrogen-bond acceptors (Lipinski definition) is 2. The van der Waals surface area contributed by atoms with E-state index in [2.05, 4.69) is 4.99 Å². The molecule has 0 aliphatic rings. The zero-order valence-corrected chi connectivity index (χ0v) is 13.6. The van der Waals surface area contributed by atoms with E-state index >= 15 is 0 Å². The van der Waals surface area contributed by atoms with Crippen LogP contribution in [-0.2, 0) is 7.05 Å². The summed E-state index contributed by atoms with van der Waals surface area (Å²) < 4.78 is 14.9. The van der Waals surface area contributed by atoms with E-state index in [4.69, 9.17) is 0 Å². The Labute approximate surface area is 137 Å². The quantitative estimate of drug-likeness (QED) is 0.702. The normalized spacial score (nSPS) is 11.7. The summed E-state index contributed by atoms with van der Waals surface area (Å²) in [6.45, 7) is 2.01. The first-order valence-corrected chi connectivity index (χ1v) is 7.94. The molecule has 0 spiro atoms. The van der Waals surface area contributed by atoms with Crippen molar-refractivity contribution in [3.63, 3.8) is 0 Å². The zero-order valence-electron chi connectivity index (χ0n) is 12.8. The lowest BCUT2D eigenvalue weighted by Gasteiger charge is -2.04. The van der Waals surface area contributed by atoms with E-state index < -0.39 is 0 Å². The van der Waals surface area contributed by atoms with Crippen LogP contribution >= 0.6 is 11.3 Å². The first kappa shape index (κ1) is 15.4. The second-order valence-corrected chi connectivity index (χ2v) is 6.32. The maximum Gasteiger partial charge on any atom is 0.279 e. The van der Waals surface area contributed by atoms with Crippen LogP contribution in [0.3, 0.4) is 0 Å². The van der Waals surface area contributed by atoms with Crippen molar-refractivity contribution in [2.45, 2.75) is 6.92 Å². The van der Waals surface area contributed by atoms with E-state index in [9.17, 15) is 9.18 Å². The van der Waals surface area contributed by atoms with Gasteiger partial charge in [-0.15, -0.1) is 11.3 Å². The van der Waals surface area contributed by atoms with Crippen molar-refractivity contribution in [2.24, 2.45) is 12.0 Å². The Kier molecular flexibility index (Phi) is 4.21. The standard InChI is InChI=1S/C18H15FN2OS/c1-12-16(13-6-4-3-5-7-13)21(2)18(23-12)20-17(22)14-8-10-15(19)11-9-14/h3-11H,1-2H3. The predicted octanol–water partition coefficient (Wildman–Crippen LogP) is 3.94. The van der Waals surface area contributed by atoms with Gasteiger partial charge in [-0.05, 0) is 36.8 Å². The Morgan fingerprint density at radius 2 is 1.74 bits per heavy atom. The fourth-order valence-electron chi connectivity index (χ4n) is 2.42. The Morgan fingerprint density at radius 1 is 1.09 bits per heavy atom. The van der Waals surface area contributed by atoms with Gasteiger partial charge in [0.25, 0.3) is 5.91 Å².